The lowest BCUT2D eigenvalue weighted by Crippen LogP contribution is -2.41. The molecule has 1 saturated carbocycles. The summed E-state index contributed by atoms with van der Waals surface area (Å²) in [6.07, 6.45) is 4.21. The van der Waals surface area contributed by atoms with E-state index < -0.39 is 0 Å². The second kappa shape index (κ2) is 8.34. The average molecular weight is 349 g/mol. The van der Waals surface area contributed by atoms with Crippen LogP contribution in [0.4, 0.5) is 5.69 Å². The molecule has 0 aromatic heterocycles. The third kappa shape index (κ3) is 4.11. The molecule has 2 aromatic rings. The van der Waals surface area contributed by atoms with E-state index in [4.69, 9.17) is 15.5 Å². The largest absolute Gasteiger partial charge is 0.497 e. The Bertz CT molecular complexity index is 811. The molecule has 5 heteroatoms. The van der Waals surface area contributed by atoms with Crippen LogP contribution in [0.3, 0.4) is 0 Å². The molecule has 1 atom stereocenters. The molecule has 1 amide bonds. The molecular weight excluding hydrogens is 326 g/mol. The van der Waals surface area contributed by atoms with Gasteiger partial charge in [-0.2, -0.15) is 0 Å². The van der Waals surface area contributed by atoms with Gasteiger partial charge in [0, 0.05) is 23.0 Å². The molecule has 5 nitrogen and oxygen atoms in total. The van der Waals surface area contributed by atoms with Crippen molar-refractivity contribution >= 4 is 17.3 Å². The van der Waals surface area contributed by atoms with Crippen LogP contribution in [0.2, 0.25) is 0 Å². The van der Waals surface area contributed by atoms with Crippen LogP contribution >= 0.6 is 0 Å². The molecule has 1 fully saturated rings. The average Bonchev–Trinajstić information content (AvgIpc) is 2.69. The molecule has 0 saturated heterocycles. The van der Waals surface area contributed by atoms with Crippen molar-refractivity contribution in [2.24, 2.45) is 10.7 Å². The number of rotatable bonds is 4. The van der Waals surface area contributed by atoms with E-state index in [0.29, 0.717) is 5.56 Å². The number of nitrogens with one attached hydrogen (secondary N) is 1. The van der Waals surface area contributed by atoms with Crippen LogP contribution in [0.25, 0.3) is 0 Å². The lowest BCUT2D eigenvalue weighted by Gasteiger charge is -2.27. The molecule has 1 unspecified atom stereocenters. The number of methoxy groups -OCH3 is 1. The van der Waals surface area contributed by atoms with Crippen molar-refractivity contribution in [2.45, 2.75) is 25.3 Å². The second-order valence-electron chi connectivity index (χ2n) is 6.16. The standard InChI is InChI=1S/C21H23N3O2/c1-26-17-12-10-16(11-13-17)23-19-8-5-9-20(18(19)14-22)24-21(25)15-6-3-2-4-7-15/h2-4,6-7,10-14,20H,5,8-9,22H2,1H3,(H,24,25)/b18-14+,23-19?. The van der Waals surface area contributed by atoms with Crippen LogP contribution in [0.5, 0.6) is 5.75 Å². The monoisotopic (exact) mass is 349 g/mol. The summed E-state index contributed by atoms with van der Waals surface area (Å²) in [4.78, 5) is 17.2. The molecule has 0 heterocycles. The molecule has 134 valence electrons. The molecule has 1 aliphatic rings. The maximum absolute atomic E-state index is 12.5. The van der Waals surface area contributed by atoms with Gasteiger partial charge in [-0.1, -0.05) is 18.2 Å². The number of ether oxygens (including phenoxy) is 1. The minimum absolute atomic E-state index is 0.0966. The first-order valence-corrected chi connectivity index (χ1v) is 8.71. The van der Waals surface area contributed by atoms with Crippen molar-refractivity contribution < 1.29 is 9.53 Å². The van der Waals surface area contributed by atoms with Crippen molar-refractivity contribution in [3.8, 4) is 5.75 Å². The van der Waals surface area contributed by atoms with Crippen LogP contribution in [-0.2, 0) is 0 Å². The Balaban J connectivity index is 1.78. The number of benzene rings is 2. The lowest BCUT2D eigenvalue weighted by molar-refractivity contribution is 0.0941. The normalized spacial score (nSPS) is 20.1. The van der Waals surface area contributed by atoms with Gasteiger partial charge in [-0.15, -0.1) is 0 Å². The third-order valence-electron chi connectivity index (χ3n) is 4.47. The SMILES string of the molecule is COc1ccc(N=C2CCCC(NC(=O)c3ccccc3)/C2=C/N)cc1. The first-order chi connectivity index (χ1) is 12.7. The molecule has 0 radical (unpaired) electrons. The lowest BCUT2D eigenvalue weighted by atomic mass is 9.88. The van der Waals surface area contributed by atoms with E-state index in [-0.39, 0.29) is 11.9 Å². The van der Waals surface area contributed by atoms with Crippen molar-refractivity contribution in [1.29, 1.82) is 0 Å². The fraction of sp³-hybridized carbons (Fsp3) is 0.238. The minimum atomic E-state index is -0.126. The smallest absolute Gasteiger partial charge is 0.251 e. The summed E-state index contributed by atoms with van der Waals surface area (Å²) in [7, 11) is 1.64. The van der Waals surface area contributed by atoms with Crippen LogP contribution in [0.1, 0.15) is 29.6 Å². The number of nitrogens with zero attached hydrogens (tertiary/aromatic N) is 1. The maximum atomic E-state index is 12.5. The Kier molecular flexibility index (Phi) is 5.69. The summed E-state index contributed by atoms with van der Waals surface area (Å²) in [5.41, 5.74) is 9.17. The van der Waals surface area contributed by atoms with E-state index in [2.05, 4.69) is 5.32 Å². The van der Waals surface area contributed by atoms with Gasteiger partial charge in [0.1, 0.15) is 5.75 Å². The van der Waals surface area contributed by atoms with E-state index >= 15 is 0 Å². The topological polar surface area (TPSA) is 76.7 Å². The summed E-state index contributed by atoms with van der Waals surface area (Å²) in [6.45, 7) is 0. The Morgan fingerprint density at radius 1 is 1.19 bits per heavy atom. The van der Waals surface area contributed by atoms with Gasteiger partial charge < -0.3 is 15.8 Å². The van der Waals surface area contributed by atoms with Gasteiger partial charge in [0.05, 0.1) is 18.8 Å². The molecule has 3 N–H and O–H groups in total. The van der Waals surface area contributed by atoms with E-state index in [9.17, 15) is 4.79 Å². The highest BCUT2D eigenvalue weighted by molar-refractivity contribution is 6.04. The number of carbonyl (C=O) groups excluding carboxylic acids is 1. The van der Waals surface area contributed by atoms with Crippen molar-refractivity contribution in [3.63, 3.8) is 0 Å². The predicted molar refractivity (Wildman–Crippen MR) is 104 cm³/mol. The van der Waals surface area contributed by atoms with Crippen LogP contribution < -0.4 is 15.8 Å². The van der Waals surface area contributed by atoms with Gasteiger partial charge >= 0.3 is 0 Å². The zero-order valence-corrected chi connectivity index (χ0v) is 14.8. The highest BCUT2D eigenvalue weighted by Gasteiger charge is 2.25. The molecule has 0 aliphatic heterocycles. The number of amides is 1. The summed E-state index contributed by atoms with van der Waals surface area (Å²) >= 11 is 0. The minimum Gasteiger partial charge on any atom is -0.497 e. The predicted octanol–water partition coefficient (Wildman–Crippen LogP) is 3.59. The quantitative estimate of drug-likeness (QED) is 0.885. The molecular formula is C21H23N3O2. The number of hydrogen-bond donors (Lipinski definition) is 2. The number of nitrogens with two attached hydrogens (primary N) is 1. The fourth-order valence-corrected chi connectivity index (χ4v) is 3.10. The van der Waals surface area contributed by atoms with Gasteiger partial charge in [-0.25, -0.2) is 0 Å². The highest BCUT2D eigenvalue weighted by Crippen LogP contribution is 2.26. The molecule has 26 heavy (non-hydrogen) atoms. The summed E-state index contributed by atoms with van der Waals surface area (Å²) < 4.78 is 5.18. The van der Waals surface area contributed by atoms with Gasteiger partial charge in [-0.3, -0.25) is 9.79 Å². The first-order valence-electron chi connectivity index (χ1n) is 8.71. The van der Waals surface area contributed by atoms with Crippen LogP contribution in [-0.4, -0.2) is 24.8 Å². The van der Waals surface area contributed by atoms with Crippen LogP contribution in [0, 0.1) is 0 Å². The fourth-order valence-electron chi connectivity index (χ4n) is 3.10. The van der Waals surface area contributed by atoms with E-state index in [1.807, 2.05) is 42.5 Å². The molecule has 0 bridgehead atoms. The van der Waals surface area contributed by atoms with Crippen molar-refractivity contribution in [3.05, 3.63) is 71.9 Å². The van der Waals surface area contributed by atoms with Gasteiger partial charge in [0.2, 0.25) is 0 Å². The van der Waals surface area contributed by atoms with Crippen LogP contribution in [0.15, 0.2) is 71.4 Å². The molecule has 0 spiro atoms. The van der Waals surface area contributed by atoms with Crippen molar-refractivity contribution in [1.82, 2.24) is 5.32 Å². The Hall–Kier alpha value is -3.08. The summed E-state index contributed by atoms with van der Waals surface area (Å²) in [5.74, 6) is 0.695. The van der Waals surface area contributed by atoms with Crippen molar-refractivity contribution in [2.75, 3.05) is 7.11 Å². The molecule has 1 aliphatic carbocycles. The number of aliphatic imine (C=N–C) groups is 1. The second-order valence-corrected chi connectivity index (χ2v) is 6.16. The zero-order chi connectivity index (χ0) is 18.4. The maximum Gasteiger partial charge on any atom is 0.251 e. The first kappa shape index (κ1) is 17.7. The van der Waals surface area contributed by atoms with E-state index in [1.165, 1.54) is 0 Å². The molecule has 2 aromatic carbocycles. The highest BCUT2D eigenvalue weighted by atomic mass is 16.5. The Morgan fingerprint density at radius 2 is 1.92 bits per heavy atom. The van der Waals surface area contributed by atoms with Gasteiger partial charge in [0.15, 0.2) is 0 Å². The zero-order valence-electron chi connectivity index (χ0n) is 14.8. The Morgan fingerprint density at radius 3 is 2.58 bits per heavy atom. The van der Waals surface area contributed by atoms with Gasteiger partial charge in [-0.05, 0) is 55.7 Å². The number of carbonyl (C=O) groups is 1. The number of hydrogen-bond acceptors (Lipinski definition) is 4. The summed E-state index contributed by atoms with van der Waals surface area (Å²) in [6, 6.07) is 16.6. The van der Waals surface area contributed by atoms with E-state index in [1.54, 1.807) is 25.4 Å². The van der Waals surface area contributed by atoms with E-state index in [0.717, 1.165) is 42.0 Å². The third-order valence-corrected chi connectivity index (χ3v) is 4.47. The van der Waals surface area contributed by atoms with Gasteiger partial charge in [0.25, 0.3) is 5.91 Å². The summed E-state index contributed by atoms with van der Waals surface area (Å²) in [5, 5.41) is 3.08. The molecule has 3 rings (SSSR count). The Labute approximate surface area is 153 Å².